The summed E-state index contributed by atoms with van der Waals surface area (Å²) in [5.74, 6) is 3.73. The average molecular weight is 392 g/mol. The Morgan fingerprint density at radius 1 is 1.53 bits per heavy atom. The van der Waals surface area contributed by atoms with Crippen LogP contribution in [-0.2, 0) is 6.54 Å². The van der Waals surface area contributed by atoms with Gasteiger partial charge in [0.2, 0.25) is 0 Å². The van der Waals surface area contributed by atoms with Gasteiger partial charge in [-0.3, -0.25) is 0 Å². The Bertz CT molecular complexity index is 434. The van der Waals surface area contributed by atoms with Crippen LogP contribution in [0, 0.1) is 12.3 Å². The largest absolute Gasteiger partial charge is 0.357 e. The van der Waals surface area contributed by atoms with Crippen LogP contribution in [0.2, 0.25) is 0 Å². The number of thiazole rings is 1. The van der Waals surface area contributed by atoms with E-state index in [1.807, 2.05) is 6.92 Å². The van der Waals surface area contributed by atoms with Crippen molar-refractivity contribution in [2.75, 3.05) is 13.1 Å². The molecule has 0 saturated carbocycles. The van der Waals surface area contributed by atoms with E-state index in [1.54, 1.807) is 11.3 Å². The van der Waals surface area contributed by atoms with Crippen LogP contribution in [0.3, 0.4) is 0 Å². The molecule has 0 aliphatic heterocycles. The third kappa shape index (κ3) is 6.78. The first-order valence-corrected chi connectivity index (χ1v) is 6.95. The fourth-order valence-electron chi connectivity index (χ4n) is 1.29. The molecule has 0 aliphatic carbocycles. The molecule has 0 fully saturated rings. The van der Waals surface area contributed by atoms with E-state index in [0.717, 1.165) is 23.2 Å². The molecule has 1 aromatic rings. The van der Waals surface area contributed by atoms with Crippen molar-refractivity contribution < 1.29 is 0 Å². The maximum Gasteiger partial charge on any atom is 0.192 e. The molecule has 0 saturated heterocycles. The number of aromatic nitrogens is 1. The highest BCUT2D eigenvalue weighted by molar-refractivity contribution is 14.0. The smallest absolute Gasteiger partial charge is 0.192 e. The molecule has 6 heteroatoms. The van der Waals surface area contributed by atoms with Gasteiger partial charge in [0.15, 0.2) is 5.96 Å². The highest BCUT2D eigenvalue weighted by Crippen LogP contribution is 2.18. The zero-order chi connectivity index (χ0) is 13.4. The van der Waals surface area contributed by atoms with Crippen LogP contribution in [0.15, 0.2) is 10.4 Å². The Balaban J connectivity index is 0.00000324. The molecular weight excluding hydrogens is 371 g/mol. The van der Waals surface area contributed by atoms with Gasteiger partial charge in [-0.1, -0.05) is 19.8 Å². The van der Waals surface area contributed by atoms with Crippen molar-refractivity contribution in [1.82, 2.24) is 15.6 Å². The van der Waals surface area contributed by atoms with Crippen LogP contribution < -0.4 is 10.6 Å². The monoisotopic (exact) mass is 392 g/mol. The molecule has 0 aromatic carbocycles. The highest BCUT2D eigenvalue weighted by Gasteiger charge is 2.05. The van der Waals surface area contributed by atoms with Crippen LogP contribution in [0.5, 0.6) is 0 Å². The lowest BCUT2D eigenvalue weighted by molar-refractivity contribution is 0.816. The molecule has 0 unspecified atom stereocenters. The Hall–Kier alpha value is -0.810. The number of terminal acetylenes is 1. The number of nitrogens with zero attached hydrogens (tertiary/aromatic N) is 2. The van der Waals surface area contributed by atoms with Crippen LogP contribution >= 0.6 is 35.3 Å². The minimum Gasteiger partial charge on any atom is -0.357 e. The first-order chi connectivity index (χ1) is 8.67. The molecule has 1 rings (SSSR count). The molecule has 0 bridgehead atoms. The van der Waals surface area contributed by atoms with E-state index >= 15 is 0 Å². The summed E-state index contributed by atoms with van der Waals surface area (Å²) in [6.45, 7) is 8.17. The quantitative estimate of drug-likeness (QED) is 0.351. The van der Waals surface area contributed by atoms with Crippen molar-refractivity contribution in [1.29, 1.82) is 0 Å². The number of hydrogen-bond acceptors (Lipinski definition) is 3. The summed E-state index contributed by atoms with van der Waals surface area (Å²) in [4.78, 5) is 8.98. The molecule has 2 N–H and O–H groups in total. The second kappa shape index (κ2) is 10.0. The third-order valence-corrected chi connectivity index (χ3v) is 3.09. The van der Waals surface area contributed by atoms with Crippen LogP contribution in [0.25, 0.3) is 0 Å². The van der Waals surface area contributed by atoms with Gasteiger partial charge in [0.1, 0.15) is 5.01 Å². The van der Waals surface area contributed by atoms with Crippen molar-refractivity contribution in [2.45, 2.75) is 33.2 Å². The first-order valence-electron chi connectivity index (χ1n) is 6.07. The van der Waals surface area contributed by atoms with E-state index in [4.69, 9.17) is 6.42 Å². The average Bonchev–Trinajstić information content (AvgIpc) is 2.81. The van der Waals surface area contributed by atoms with Crippen molar-refractivity contribution in [3.63, 3.8) is 0 Å². The molecule has 4 nitrogen and oxygen atoms in total. The molecule has 0 amide bonds. The van der Waals surface area contributed by atoms with Gasteiger partial charge in [-0.2, -0.15) is 0 Å². The topological polar surface area (TPSA) is 49.3 Å². The number of nitrogens with one attached hydrogen (secondary N) is 2. The number of rotatable bonds is 5. The maximum atomic E-state index is 5.21. The van der Waals surface area contributed by atoms with Gasteiger partial charge >= 0.3 is 0 Å². The number of halogens is 1. The van der Waals surface area contributed by atoms with Gasteiger partial charge < -0.3 is 10.6 Å². The molecule has 1 aromatic heterocycles. The number of guanidine groups is 1. The second-order valence-electron chi connectivity index (χ2n) is 4.07. The van der Waals surface area contributed by atoms with Gasteiger partial charge in [0.05, 0.1) is 18.8 Å². The molecule has 19 heavy (non-hydrogen) atoms. The third-order valence-electron chi connectivity index (χ3n) is 2.24. The zero-order valence-electron chi connectivity index (χ0n) is 11.6. The Morgan fingerprint density at radius 3 is 2.79 bits per heavy atom. The van der Waals surface area contributed by atoms with Crippen LogP contribution in [0.1, 0.15) is 37.4 Å². The minimum absolute atomic E-state index is 0. The van der Waals surface area contributed by atoms with Crippen LogP contribution in [-0.4, -0.2) is 24.0 Å². The fraction of sp³-hybridized carbons (Fsp3) is 0.538. The summed E-state index contributed by atoms with van der Waals surface area (Å²) < 4.78 is 0. The molecular formula is C13H21IN4S. The van der Waals surface area contributed by atoms with Crippen molar-refractivity contribution in [3.05, 3.63) is 16.1 Å². The number of hydrogen-bond donors (Lipinski definition) is 2. The Morgan fingerprint density at radius 2 is 2.26 bits per heavy atom. The van der Waals surface area contributed by atoms with Gasteiger partial charge in [-0.15, -0.1) is 41.7 Å². The molecule has 0 radical (unpaired) electrons. The summed E-state index contributed by atoms with van der Waals surface area (Å²) in [5, 5.41) is 9.31. The first kappa shape index (κ1) is 18.2. The summed E-state index contributed by atoms with van der Waals surface area (Å²) in [6, 6.07) is 0. The van der Waals surface area contributed by atoms with Gasteiger partial charge in [0, 0.05) is 11.9 Å². The molecule has 1 heterocycles. The maximum absolute atomic E-state index is 5.21. The summed E-state index contributed by atoms with van der Waals surface area (Å²) in [5.41, 5.74) is 1.13. The van der Waals surface area contributed by atoms with E-state index in [1.165, 1.54) is 0 Å². The lowest BCUT2D eigenvalue weighted by Gasteiger charge is -2.07. The van der Waals surface area contributed by atoms with E-state index in [0.29, 0.717) is 19.0 Å². The summed E-state index contributed by atoms with van der Waals surface area (Å²) >= 11 is 1.65. The molecule has 0 atom stereocenters. The van der Waals surface area contributed by atoms with Gasteiger partial charge in [-0.25, -0.2) is 9.98 Å². The minimum atomic E-state index is 0. The van der Waals surface area contributed by atoms with Crippen molar-refractivity contribution >= 4 is 41.3 Å². The summed E-state index contributed by atoms with van der Waals surface area (Å²) in [7, 11) is 0. The Kier molecular flexibility index (Phi) is 9.61. The fourth-order valence-corrected chi connectivity index (χ4v) is 2.16. The van der Waals surface area contributed by atoms with Gasteiger partial charge in [-0.05, 0) is 12.8 Å². The molecule has 106 valence electrons. The van der Waals surface area contributed by atoms with E-state index < -0.39 is 0 Å². The van der Waals surface area contributed by atoms with Crippen molar-refractivity contribution in [3.8, 4) is 12.3 Å². The normalized spacial score (nSPS) is 10.8. The lowest BCUT2D eigenvalue weighted by Crippen LogP contribution is -2.37. The van der Waals surface area contributed by atoms with Crippen molar-refractivity contribution in [2.24, 2.45) is 4.99 Å². The SMILES string of the molecule is C#CCNC(=NCc1nc(C(C)C)cs1)NCC.I. The predicted molar refractivity (Wildman–Crippen MR) is 93.3 cm³/mol. The number of aliphatic imine (C=N–C) groups is 1. The van der Waals surface area contributed by atoms with Crippen LogP contribution in [0.4, 0.5) is 0 Å². The standard InChI is InChI=1S/C13H20N4S.HI/c1-5-7-15-13(14-6-2)16-8-12-17-11(9-18-12)10(3)4;/h1,9-10H,6-8H2,2-4H3,(H2,14,15,16);1H. The van der Waals surface area contributed by atoms with Gasteiger partial charge in [0.25, 0.3) is 0 Å². The summed E-state index contributed by atoms with van der Waals surface area (Å²) in [6.07, 6.45) is 5.21. The van der Waals surface area contributed by atoms with E-state index in [-0.39, 0.29) is 24.0 Å². The molecule has 0 spiro atoms. The predicted octanol–water partition coefficient (Wildman–Crippen LogP) is 2.57. The molecule has 0 aliphatic rings. The zero-order valence-corrected chi connectivity index (χ0v) is 14.7. The van der Waals surface area contributed by atoms with E-state index in [9.17, 15) is 0 Å². The lowest BCUT2D eigenvalue weighted by atomic mass is 10.2. The highest BCUT2D eigenvalue weighted by atomic mass is 127. The van der Waals surface area contributed by atoms with E-state index in [2.05, 4.69) is 45.8 Å². The Labute approximate surface area is 136 Å². The second-order valence-corrected chi connectivity index (χ2v) is 5.02.